The lowest BCUT2D eigenvalue weighted by atomic mass is 9.94. The number of aryl methyl sites for hydroxylation is 1. The minimum atomic E-state index is -0.251. The van der Waals surface area contributed by atoms with E-state index in [0.717, 1.165) is 29.5 Å². The molecular formula is C23H26O4. The monoisotopic (exact) mass is 366 g/mol. The highest BCUT2D eigenvalue weighted by atomic mass is 16.5. The van der Waals surface area contributed by atoms with Gasteiger partial charge >= 0.3 is 11.9 Å². The molecule has 0 saturated heterocycles. The predicted octanol–water partition coefficient (Wildman–Crippen LogP) is 4.37. The summed E-state index contributed by atoms with van der Waals surface area (Å²) >= 11 is 0. The average Bonchev–Trinajstić information content (AvgIpc) is 3.42. The van der Waals surface area contributed by atoms with Gasteiger partial charge in [0.25, 0.3) is 0 Å². The van der Waals surface area contributed by atoms with E-state index in [0.29, 0.717) is 12.4 Å². The van der Waals surface area contributed by atoms with Gasteiger partial charge in [-0.05, 0) is 37.0 Å². The molecule has 2 aromatic rings. The molecule has 0 radical (unpaired) electrons. The van der Waals surface area contributed by atoms with Gasteiger partial charge in [-0.3, -0.25) is 9.59 Å². The molecule has 1 aliphatic rings. The highest BCUT2D eigenvalue weighted by molar-refractivity contribution is 5.75. The molecule has 0 unspecified atom stereocenters. The molecule has 0 N–H and O–H groups in total. The summed E-state index contributed by atoms with van der Waals surface area (Å²) in [6, 6.07) is 15.5. The van der Waals surface area contributed by atoms with Gasteiger partial charge < -0.3 is 9.47 Å². The van der Waals surface area contributed by atoms with Gasteiger partial charge in [0.05, 0.1) is 12.3 Å². The Bertz CT molecular complexity index is 820. The second-order valence-corrected chi connectivity index (χ2v) is 7.68. The van der Waals surface area contributed by atoms with Gasteiger partial charge in [-0.2, -0.15) is 0 Å². The number of hydrogen-bond donors (Lipinski definition) is 0. The summed E-state index contributed by atoms with van der Waals surface area (Å²) in [6.45, 7) is 5.91. The summed E-state index contributed by atoms with van der Waals surface area (Å²) in [5.74, 6) is -0.0958. The molecule has 2 aromatic carbocycles. The van der Waals surface area contributed by atoms with Crippen molar-refractivity contribution in [3.05, 3.63) is 65.2 Å². The number of hydrogen-bond acceptors (Lipinski definition) is 4. The molecule has 27 heavy (non-hydrogen) atoms. The van der Waals surface area contributed by atoms with E-state index < -0.39 is 0 Å². The Balaban J connectivity index is 1.70. The van der Waals surface area contributed by atoms with Crippen molar-refractivity contribution in [3.8, 4) is 5.75 Å². The van der Waals surface area contributed by atoms with Gasteiger partial charge in [0.15, 0.2) is 0 Å². The molecule has 3 rings (SSSR count). The van der Waals surface area contributed by atoms with E-state index in [9.17, 15) is 9.59 Å². The second kappa shape index (κ2) is 7.95. The highest BCUT2D eigenvalue weighted by Crippen LogP contribution is 2.51. The van der Waals surface area contributed by atoms with Crippen LogP contribution in [0.3, 0.4) is 0 Å². The fourth-order valence-corrected chi connectivity index (χ4v) is 3.05. The molecule has 0 spiro atoms. The van der Waals surface area contributed by atoms with Gasteiger partial charge in [0.2, 0.25) is 0 Å². The zero-order valence-corrected chi connectivity index (χ0v) is 16.2. The smallest absolute Gasteiger partial charge is 0.313 e. The van der Waals surface area contributed by atoms with E-state index >= 15 is 0 Å². The molecule has 4 heteroatoms. The number of esters is 2. The lowest BCUT2D eigenvalue weighted by molar-refractivity contribution is -0.144. The van der Waals surface area contributed by atoms with Crippen LogP contribution in [0.2, 0.25) is 0 Å². The quantitative estimate of drug-likeness (QED) is 0.539. The first-order valence-electron chi connectivity index (χ1n) is 9.42. The molecule has 0 bridgehead atoms. The Morgan fingerprint density at radius 3 is 2.41 bits per heavy atom. The van der Waals surface area contributed by atoms with Crippen LogP contribution < -0.4 is 4.74 Å². The fourth-order valence-electron chi connectivity index (χ4n) is 3.05. The highest BCUT2D eigenvalue weighted by Gasteiger charge is 2.47. The predicted molar refractivity (Wildman–Crippen MR) is 104 cm³/mol. The van der Waals surface area contributed by atoms with Crippen LogP contribution in [0, 0.1) is 12.8 Å². The van der Waals surface area contributed by atoms with E-state index in [1.807, 2.05) is 69.3 Å². The van der Waals surface area contributed by atoms with E-state index in [1.165, 1.54) is 0 Å². The Morgan fingerprint density at radius 1 is 1.07 bits per heavy atom. The van der Waals surface area contributed by atoms with Crippen LogP contribution in [-0.4, -0.2) is 18.5 Å². The van der Waals surface area contributed by atoms with E-state index in [-0.39, 0.29) is 29.7 Å². The Hall–Kier alpha value is -2.62. The molecule has 0 aliphatic heterocycles. The molecular weight excluding hydrogens is 340 g/mol. The molecule has 0 amide bonds. The zero-order chi connectivity index (χ0) is 19.4. The average molecular weight is 366 g/mol. The summed E-state index contributed by atoms with van der Waals surface area (Å²) in [5.41, 5.74) is 2.68. The van der Waals surface area contributed by atoms with Crippen molar-refractivity contribution < 1.29 is 19.1 Å². The SMILES string of the molecule is Cc1ccc(C2(COC(=O)Cc3ccccc3)CC2)c(OC(=O)C(C)C)c1. The maximum atomic E-state index is 12.2. The summed E-state index contributed by atoms with van der Waals surface area (Å²) in [6.07, 6.45) is 2.10. The van der Waals surface area contributed by atoms with Crippen molar-refractivity contribution >= 4 is 11.9 Å². The van der Waals surface area contributed by atoms with Crippen LogP contribution in [0.25, 0.3) is 0 Å². The molecule has 0 aromatic heterocycles. The molecule has 1 aliphatic carbocycles. The summed E-state index contributed by atoms with van der Waals surface area (Å²) in [7, 11) is 0. The Kier molecular flexibility index (Phi) is 5.64. The third kappa shape index (κ3) is 4.76. The third-order valence-corrected chi connectivity index (χ3v) is 4.94. The molecule has 1 saturated carbocycles. The number of carbonyl (C=O) groups is 2. The van der Waals surface area contributed by atoms with Gasteiger partial charge in [-0.1, -0.05) is 56.3 Å². The molecule has 0 atom stereocenters. The normalized spacial score (nSPS) is 14.7. The van der Waals surface area contributed by atoms with E-state index in [4.69, 9.17) is 9.47 Å². The lowest BCUT2D eigenvalue weighted by Crippen LogP contribution is -2.22. The van der Waals surface area contributed by atoms with Gasteiger partial charge in [0.1, 0.15) is 12.4 Å². The molecule has 142 valence electrons. The van der Waals surface area contributed by atoms with E-state index in [1.54, 1.807) is 0 Å². The summed E-state index contributed by atoms with van der Waals surface area (Å²) in [4.78, 5) is 24.3. The largest absolute Gasteiger partial charge is 0.464 e. The third-order valence-electron chi connectivity index (χ3n) is 4.94. The first-order chi connectivity index (χ1) is 12.9. The topological polar surface area (TPSA) is 52.6 Å². The van der Waals surface area contributed by atoms with Crippen molar-refractivity contribution in [2.45, 2.75) is 45.4 Å². The molecule has 4 nitrogen and oxygen atoms in total. The molecule has 0 heterocycles. The van der Waals surface area contributed by atoms with Gasteiger partial charge in [0, 0.05) is 11.0 Å². The van der Waals surface area contributed by atoms with Crippen molar-refractivity contribution in [1.29, 1.82) is 0 Å². The second-order valence-electron chi connectivity index (χ2n) is 7.68. The maximum Gasteiger partial charge on any atom is 0.313 e. The van der Waals surface area contributed by atoms with Crippen molar-refractivity contribution in [3.63, 3.8) is 0 Å². The van der Waals surface area contributed by atoms with Crippen LogP contribution in [0.4, 0.5) is 0 Å². The number of carbonyl (C=O) groups excluding carboxylic acids is 2. The summed E-state index contributed by atoms with van der Waals surface area (Å²) < 4.78 is 11.2. The lowest BCUT2D eigenvalue weighted by Gasteiger charge is -2.20. The van der Waals surface area contributed by atoms with Crippen LogP contribution in [0.1, 0.15) is 43.4 Å². The number of ether oxygens (including phenoxy) is 2. The fraction of sp³-hybridized carbons (Fsp3) is 0.391. The van der Waals surface area contributed by atoms with Crippen LogP contribution in [0.5, 0.6) is 5.75 Å². The van der Waals surface area contributed by atoms with Crippen LogP contribution >= 0.6 is 0 Å². The van der Waals surface area contributed by atoms with Crippen molar-refractivity contribution in [2.24, 2.45) is 5.92 Å². The first kappa shape index (κ1) is 19.2. The molecule has 1 fully saturated rings. The van der Waals surface area contributed by atoms with Gasteiger partial charge in [-0.15, -0.1) is 0 Å². The van der Waals surface area contributed by atoms with E-state index in [2.05, 4.69) is 0 Å². The Labute approximate surface area is 160 Å². The van der Waals surface area contributed by atoms with Crippen molar-refractivity contribution in [1.82, 2.24) is 0 Å². The minimum absolute atomic E-state index is 0.197. The minimum Gasteiger partial charge on any atom is -0.464 e. The number of rotatable bonds is 7. The van der Waals surface area contributed by atoms with Crippen LogP contribution in [-0.2, 0) is 26.2 Å². The van der Waals surface area contributed by atoms with Crippen molar-refractivity contribution in [2.75, 3.05) is 6.61 Å². The summed E-state index contributed by atoms with van der Waals surface area (Å²) in [5, 5.41) is 0. The zero-order valence-electron chi connectivity index (χ0n) is 16.2. The maximum absolute atomic E-state index is 12.2. The standard InChI is InChI=1S/C23H26O4/c1-16(2)22(25)27-20-13-17(3)9-10-19(20)23(11-12-23)15-26-21(24)14-18-7-5-4-6-8-18/h4-10,13,16H,11-12,14-15H2,1-3H3. The first-order valence-corrected chi connectivity index (χ1v) is 9.42. The number of benzene rings is 2. The van der Waals surface area contributed by atoms with Gasteiger partial charge in [-0.25, -0.2) is 0 Å². The Morgan fingerprint density at radius 2 is 1.78 bits per heavy atom. The van der Waals surface area contributed by atoms with Crippen LogP contribution in [0.15, 0.2) is 48.5 Å².